The molecule has 0 spiro atoms. The molecule has 0 bridgehead atoms. The SMILES string of the molecule is CCC(C)C(=O)Nc1ccc2sc(S)nc2c1. The van der Waals surface area contributed by atoms with Gasteiger partial charge >= 0.3 is 0 Å². The van der Waals surface area contributed by atoms with Gasteiger partial charge in [-0.25, -0.2) is 4.98 Å². The zero-order valence-corrected chi connectivity index (χ0v) is 11.4. The first-order chi connectivity index (χ1) is 8.10. The Labute approximate surface area is 110 Å². The fourth-order valence-electron chi connectivity index (χ4n) is 1.44. The predicted octanol–water partition coefficient (Wildman–Crippen LogP) is 3.57. The summed E-state index contributed by atoms with van der Waals surface area (Å²) < 4.78 is 1.82. The molecule has 1 N–H and O–H groups in total. The summed E-state index contributed by atoms with van der Waals surface area (Å²) >= 11 is 5.75. The number of nitrogens with zero attached hydrogens (tertiary/aromatic N) is 1. The summed E-state index contributed by atoms with van der Waals surface area (Å²) in [5.41, 5.74) is 1.67. The second-order valence-corrected chi connectivity index (χ2v) is 5.73. The highest BCUT2D eigenvalue weighted by molar-refractivity contribution is 7.82. The number of carbonyl (C=O) groups is 1. The van der Waals surface area contributed by atoms with Gasteiger partial charge in [-0.15, -0.1) is 24.0 Å². The van der Waals surface area contributed by atoms with Gasteiger partial charge in [-0.2, -0.15) is 0 Å². The number of aromatic nitrogens is 1. The Morgan fingerprint density at radius 2 is 2.35 bits per heavy atom. The molecule has 0 saturated heterocycles. The Bertz CT molecular complexity index is 550. The molecule has 0 saturated carbocycles. The molecule has 1 heterocycles. The third kappa shape index (κ3) is 2.79. The average molecular weight is 266 g/mol. The van der Waals surface area contributed by atoms with Gasteiger partial charge < -0.3 is 5.32 Å². The van der Waals surface area contributed by atoms with E-state index in [1.165, 1.54) is 11.3 Å². The monoisotopic (exact) mass is 266 g/mol. The molecule has 1 amide bonds. The molecule has 0 aliphatic rings. The summed E-state index contributed by atoms with van der Waals surface area (Å²) in [5, 5.41) is 2.89. The number of benzene rings is 1. The molecule has 2 rings (SSSR count). The van der Waals surface area contributed by atoms with Gasteiger partial charge in [0.2, 0.25) is 5.91 Å². The minimum Gasteiger partial charge on any atom is -0.326 e. The van der Waals surface area contributed by atoms with Crippen LogP contribution in [0.15, 0.2) is 22.5 Å². The Morgan fingerprint density at radius 3 is 3.06 bits per heavy atom. The molecule has 1 aromatic carbocycles. The summed E-state index contributed by atoms with van der Waals surface area (Å²) in [6.45, 7) is 3.92. The molecular weight excluding hydrogens is 252 g/mol. The summed E-state index contributed by atoms with van der Waals surface area (Å²) in [7, 11) is 0. The van der Waals surface area contributed by atoms with Gasteiger partial charge in [0.1, 0.15) is 4.34 Å². The number of anilines is 1. The lowest BCUT2D eigenvalue weighted by Crippen LogP contribution is -2.19. The number of hydrogen-bond acceptors (Lipinski definition) is 4. The van der Waals surface area contributed by atoms with E-state index in [4.69, 9.17) is 0 Å². The molecule has 0 fully saturated rings. The minimum absolute atomic E-state index is 0.0292. The van der Waals surface area contributed by atoms with Gasteiger partial charge in [-0.1, -0.05) is 13.8 Å². The molecule has 2 aromatic rings. The van der Waals surface area contributed by atoms with Crippen LogP contribution in [0, 0.1) is 5.92 Å². The summed E-state index contributed by atoms with van der Waals surface area (Å²) in [6, 6.07) is 5.73. The van der Waals surface area contributed by atoms with Crippen LogP contribution in [0.2, 0.25) is 0 Å². The van der Waals surface area contributed by atoms with E-state index in [0.717, 1.165) is 26.7 Å². The van der Waals surface area contributed by atoms with Gasteiger partial charge in [-0.05, 0) is 24.6 Å². The van der Waals surface area contributed by atoms with Crippen LogP contribution in [0.1, 0.15) is 20.3 Å². The van der Waals surface area contributed by atoms with Crippen LogP contribution in [0.5, 0.6) is 0 Å². The van der Waals surface area contributed by atoms with E-state index in [0.29, 0.717) is 0 Å². The number of rotatable bonds is 3. The predicted molar refractivity (Wildman–Crippen MR) is 75.0 cm³/mol. The highest BCUT2D eigenvalue weighted by Gasteiger charge is 2.11. The maximum atomic E-state index is 11.7. The average Bonchev–Trinajstić information content (AvgIpc) is 2.67. The fraction of sp³-hybridized carbons (Fsp3) is 0.333. The molecule has 0 aliphatic heterocycles. The number of hydrogen-bond donors (Lipinski definition) is 2. The van der Waals surface area contributed by atoms with Crippen LogP contribution in [0.3, 0.4) is 0 Å². The number of fused-ring (bicyclic) bond motifs is 1. The highest BCUT2D eigenvalue weighted by atomic mass is 32.2. The number of nitrogens with one attached hydrogen (secondary N) is 1. The van der Waals surface area contributed by atoms with Gasteiger partial charge in [0.05, 0.1) is 10.2 Å². The third-order valence-corrected chi connectivity index (χ3v) is 3.92. The Morgan fingerprint density at radius 1 is 1.59 bits per heavy atom. The number of thiol groups is 1. The molecule has 0 aliphatic carbocycles. The largest absolute Gasteiger partial charge is 0.326 e. The van der Waals surface area contributed by atoms with E-state index in [-0.39, 0.29) is 11.8 Å². The van der Waals surface area contributed by atoms with E-state index in [1.54, 1.807) is 0 Å². The lowest BCUT2D eigenvalue weighted by atomic mass is 10.1. The standard InChI is InChI=1S/C12H14N2OS2/c1-3-7(2)11(15)13-8-4-5-10-9(6-8)14-12(16)17-10/h4-7H,3H2,1-2H3,(H,13,15)(H,14,16). The highest BCUT2D eigenvalue weighted by Crippen LogP contribution is 2.26. The van der Waals surface area contributed by atoms with Crippen molar-refractivity contribution < 1.29 is 4.79 Å². The first-order valence-electron chi connectivity index (χ1n) is 5.50. The van der Waals surface area contributed by atoms with Crippen LogP contribution in [-0.4, -0.2) is 10.9 Å². The van der Waals surface area contributed by atoms with Crippen LogP contribution in [0.25, 0.3) is 10.2 Å². The van der Waals surface area contributed by atoms with Crippen LogP contribution < -0.4 is 5.32 Å². The van der Waals surface area contributed by atoms with Crippen molar-refractivity contribution in [2.24, 2.45) is 5.92 Å². The lowest BCUT2D eigenvalue weighted by molar-refractivity contribution is -0.119. The van der Waals surface area contributed by atoms with Gasteiger partial charge in [0.15, 0.2) is 0 Å². The Balaban J connectivity index is 2.22. The normalized spacial score (nSPS) is 12.6. The van der Waals surface area contributed by atoms with E-state index in [1.807, 2.05) is 32.0 Å². The molecule has 17 heavy (non-hydrogen) atoms. The molecule has 3 nitrogen and oxygen atoms in total. The topological polar surface area (TPSA) is 42.0 Å². The van der Waals surface area contributed by atoms with Gasteiger partial charge in [0.25, 0.3) is 0 Å². The van der Waals surface area contributed by atoms with Crippen molar-refractivity contribution in [1.82, 2.24) is 4.98 Å². The Kier molecular flexibility index (Phi) is 3.69. The fourth-order valence-corrected chi connectivity index (χ4v) is 2.53. The third-order valence-electron chi connectivity index (χ3n) is 2.70. The van der Waals surface area contributed by atoms with Crippen LogP contribution >= 0.6 is 24.0 Å². The first-order valence-corrected chi connectivity index (χ1v) is 6.77. The van der Waals surface area contributed by atoms with Crippen molar-refractivity contribution in [3.8, 4) is 0 Å². The molecule has 1 aromatic heterocycles. The van der Waals surface area contributed by atoms with Crippen molar-refractivity contribution in [3.05, 3.63) is 18.2 Å². The Hall–Kier alpha value is -1.07. The van der Waals surface area contributed by atoms with Crippen LogP contribution in [0.4, 0.5) is 5.69 Å². The molecular formula is C12H14N2OS2. The van der Waals surface area contributed by atoms with E-state index in [9.17, 15) is 4.79 Å². The number of thiazole rings is 1. The van der Waals surface area contributed by atoms with Crippen molar-refractivity contribution in [1.29, 1.82) is 0 Å². The number of amides is 1. The number of carbonyl (C=O) groups excluding carboxylic acids is 1. The van der Waals surface area contributed by atoms with Gasteiger partial charge in [-0.3, -0.25) is 4.79 Å². The first kappa shape index (κ1) is 12.4. The zero-order chi connectivity index (χ0) is 12.4. The maximum absolute atomic E-state index is 11.7. The molecule has 90 valence electrons. The summed E-state index contributed by atoms with van der Waals surface area (Å²) in [6.07, 6.45) is 0.839. The van der Waals surface area contributed by atoms with Crippen LogP contribution in [-0.2, 0) is 4.79 Å². The van der Waals surface area contributed by atoms with Crippen molar-refractivity contribution in [2.75, 3.05) is 5.32 Å². The smallest absolute Gasteiger partial charge is 0.227 e. The molecule has 1 unspecified atom stereocenters. The molecule has 5 heteroatoms. The second kappa shape index (κ2) is 5.06. The molecule has 1 atom stereocenters. The minimum atomic E-state index is 0.0292. The van der Waals surface area contributed by atoms with E-state index < -0.39 is 0 Å². The summed E-state index contributed by atoms with van der Waals surface area (Å²) in [5.74, 6) is 0.0785. The molecule has 0 radical (unpaired) electrons. The quantitative estimate of drug-likeness (QED) is 0.834. The lowest BCUT2D eigenvalue weighted by Gasteiger charge is -2.09. The second-order valence-electron chi connectivity index (χ2n) is 3.98. The van der Waals surface area contributed by atoms with E-state index in [2.05, 4.69) is 22.9 Å². The van der Waals surface area contributed by atoms with Gasteiger partial charge in [0, 0.05) is 11.6 Å². The van der Waals surface area contributed by atoms with Crippen molar-refractivity contribution in [3.63, 3.8) is 0 Å². The zero-order valence-electron chi connectivity index (χ0n) is 9.73. The van der Waals surface area contributed by atoms with E-state index >= 15 is 0 Å². The summed E-state index contributed by atoms with van der Waals surface area (Å²) in [4.78, 5) is 16.0. The van der Waals surface area contributed by atoms with Crippen molar-refractivity contribution in [2.45, 2.75) is 24.6 Å². The van der Waals surface area contributed by atoms with Crippen molar-refractivity contribution >= 4 is 45.8 Å². The maximum Gasteiger partial charge on any atom is 0.227 e.